The first-order valence-electron chi connectivity index (χ1n) is 9.83. The van der Waals surface area contributed by atoms with Crippen molar-refractivity contribution in [2.75, 3.05) is 18.5 Å². The highest BCUT2D eigenvalue weighted by molar-refractivity contribution is 7.15. The van der Waals surface area contributed by atoms with E-state index in [9.17, 15) is 18.7 Å². The number of imidazole rings is 1. The molecule has 0 unspecified atom stereocenters. The molecule has 4 rings (SSSR count). The molecule has 12 heteroatoms. The maximum atomic E-state index is 13.8. The Hall–Kier alpha value is -3.48. The van der Waals surface area contributed by atoms with Crippen molar-refractivity contribution < 1.29 is 33.5 Å². The zero-order chi connectivity index (χ0) is 23.5. The molecule has 1 aromatic carbocycles. The van der Waals surface area contributed by atoms with Gasteiger partial charge in [-0.2, -0.15) is 0 Å². The van der Waals surface area contributed by atoms with Crippen molar-refractivity contribution in [3.05, 3.63) is 52.8 Å². The highest BCUT2D eigenvalue weighted by atomic mass is 32.1. The molecule has 3 heterocycles. The van der Waals surface area contributed by atoms with Gasteiger partial charge in [-0.1, -0.05) is 0 Å². The Labute approximate surface area is 190 Å². The number of nitrogens with one attached hydrogen (secondary N) is 3. The molecular formula is C21H20F2N5O4S+. The Bertz CT molecular complexity index is 1290. The van der Waals surface area contributed by atoms with E-state index in [4.69, 9.17) is 9.84 Å². The minimum atomic E-state index is -2.83. The van der Waals surface area contributed by atoms with E-state index in [1.54, 1.807) is 12.4 Å². The van der Waals surface area contributed by atoms with Gasteiger partial charge in [0.25, 0.3) is 12.3 Å². The first kappa shape index (κ1) is 22.7. The Balaban J connectivity index is 1.67. The van der Waals surface area contributed by atoms with Crippen LogP contribution in [-0.4, -0.2) is 50.4 Å². The van der Waals surface area contributed by atoms with Crippen molar-refractivity contribution in [1.29, 1.82) is 0 Å². The number of aliphatic hydroxyl groups excluding tert-OH is 2. The molecule has 0 fully saturated rings. The van der Waals surface area contributed by atoms with Crippen LogP contribution < -0.4 is 15.0 Å². The summed E-state index contributed by atoms with van der Waals surface area (Å²) in [7, 11) is 0. The number of anilines is 1. The normalized spacial score (nSPS) is 12.3. The van der Waals surface area contributed by atoms with Gasteiger partial charge in [-0.25, -0.2) is 23.7 Å². The first-order chi connectivity index (χ1) is 15.9. The number of fused-ring (bicyclic) bond motifs is 1. The number of rotatable bonds is 8. The molecule has 1 amide bonds. The summed E-state index contributed by atoms with van der Waals surface area (Å²) < 4.78 is 32.9. The van der Waals surface area contributed by atoms with Gasteiger partial charge < -0.3 is 19.9 Å². The number of carbonyl (C=O) groups is 1. The van der Waals surface area contributed by atoms with E-state index < -0.39 is 25.0 Å². The van der Waals surface area contributed by atoms with E-state index in [0.717, 1.165) is 10.9 Å². The molecule has 9 nitrogen and oxygen atoms in total. The second-order valence-electron chi connectivity index (χ2n) is 7.14. The van der Waals surface area contributed by atoms with Crippen LogP contribution in [0.25, 0.3) is 22.4 Å². The van der Waals surface area contributed by atoms with E-state index >= 15 is 0 Å². The smallest absolute Gasteiger partial charge is 0.265 e. The van der Waals surface area contributed by atoms with Gasteiger partial charge >= 0.3 is 0 Å². The number of halogens is 2. The number of carbonyl (C=O) groups excluding carboxylic acids is 1. The number of aryl methyl sites for hydroxylation is 1. The molecule has 1 atom stereocenters. The lowest BCUT2D eigenvalue weighted by molar-refractivity contribution is -0.376. The quantitative estimate of drug-likeness (QED) is 0.309. The summed E-state index contributed by atoms with van der Waals surface area (Å²) >= 11 is 1.33. The molecule has 4 aromatic rings. The number of benzene rings is 1. The number of hydrogen-bond donors (Lipinski definition) is 4. The Morgan fingerprint density at radius 2 is 2.18 bits per heavy atom. The summed E-state index contributed by atoms with van der Waals surface area (Å²) in [6.45, 7) is 1.12. The standard InChI is InChI=1S/C21H19F2N5O4S/c1-10-5-25-21(33-10)28-20(31)15-6-24-7-16-17(15)27-19(26-16)13-3-2-12(4-14(13)18(22)23)32-9-11(30)8-29/h2-7,11,18,29-30H,8-9H2,1H3,(H,26,27)(H,25,28,31)/p+1/t11-/m1/s1. The van der Waals surface area contributed by atoms with Gasteiger partial charge in [0.2, 0.25) is 0 Å². The Kier molecular flexibility index (Phi) is 6.58. The van der Waals surface area contributed by atoms with Crippen LogP contribution in [0.15, 0.2) is 36.8 Å². The highest BCUT2D eigenvalue weighted by Gasteiger charge is 2.22. The van der Waals surface area contributed by atoms with Crippen molar-refractivity contribution >= 4 is 33.4 Å². The van der Waals surface area contributed by atoms with E-state index in [0.29, 0.717) is 16.2 Å². The van der Waals surface area contributed by atoms with Gasteiger partial charge in [0, 0.05) is 22.2 Å². The monoisotopic (exact) mass is 476 g/mol. The minimum Gasteiger partial charge on any atom is -0.491 e. The fourth-order valence-corrected chi connectivity index (χ4v) is 3.78. The summed E-state index contributed by atoms with van der Waals surface area (Å²) in [5.74, 6) is -0.171. The summed E-state index contributed by atoms with van der Waals surface area (Å²) in [6.07, 6.45) is 0.737. The lowest BCUT2D eigenvalue weighted by atomic mass is 10.1. The maximum absolute atomic E-state index is 13.8. The molecule has 0 bridgehead atoms. The fraction of sp³-hybridized carbons (Fsp3) is 0.238. The number of alkyl halides is 2. The number of thiazole rings is 1. The molecule has 0 aliphatic carbocycles. The molecule has 3 aromatic heterocycles. The largest absolute Gasteiger partial charge is 0.491 e. The number of pyridine rings is 1. The zero-order valence-corrected chi connectivity index (χ0v) is 18.1. The molecule has 0 aliphatic heterocycles. The molecule has 0 saturated carbocycles. The lowest BCUT2D eigenvalue weighted by Gasteiger charge is -2.13. The van der Waals surface area contributed by atoms with Crippen LogP contribution in [0.5, 0.6) is 5.75 Å². The molecule has 172 valence electrons. The number of ether oxygens (including phenoxy) is 1. The number of aromatic nitrogens is 4. The second kappa shape index (κ2) is 9.57. The molecule has 0 radical (unpaired) electrons. The van der Waals surface area contributed by atoms with Crippen molar-refractivity contribution in [2.24, 2.45) is 0 Å². The average molecular weight is 476 g/mol. The van der Waals surface area contributed by atoms with Crippen LogP contribution in [0.2, 0.25) is 0 Å². The molecule has 33 heavy (non-hydrogen) atoms. The zero-order valence-electron chi connectivity index (χ0n) is 17.3. The molecule has 0 saturated heterocycles. The third kappa shape index (κ3) is 4.97. The third-order valence-electron chi connectivity index (χ3n) is 4.70. The number of aromatic amines is 2. The van der Waals surface area contributed by atoms with E-state index in [1.165, 1.54) is 29.7 Å². The molecular weight excluding hydrogens is 456 g/mol. The Morgan fingerprint density at radius 1 is 1.36 bits per heavy atom. The number of hydrogen-bond acceptors (Lipinski definition) is 7. The number of aliphatic hydroxyl groups is 2. The highest BCUT2D eigenvalue weighted by Crippen LogP contribution is 2.34. The van der Waals surface area contributed by atoms with Gasteiger partial charge in [0.15, 0.2) is 17.5 Å². The van der Waals surface area contributed by atoms with Gasteiger partial charge in [0.05, 0.1) is 6.61 Å². The Morgan fingerprint density at radius 3 is 2.88 bits per heavy atom. The molecule has 0 spiro atoms. The number of amides is 1. The van der Waals surface area contributed by atoms with Gasteiger partial charge in [0.1, 0.15) is 40.9 Å². The van der Waals surface area contributed by atoms with E-state index in [2.05, 4.69) is 25.3 Å². The lowest BCUT2D eigenvalue weighted by Crippen LogP contribution is -2.21. The van der Waals surface area contributed by atoms with E-state index in [-0.39, 0.29) is 34.9 Å². The molecule has 5 N–H and O–H groups in total. The predicted octanol–water partition coefficient (Wildman–Crippen LogP) is 2.73. The van der Waals surface area contributed by atoms with Gasteiger partial charge in [-0.15, -0.1) is 11.3 Å². The third-order valence-corrected chi connectivity index (χ3v) is 5.52. The van der Waals surface area contributed by atoms with Crippen molar-refractivity contribution in [2.45, 2.75) is 19.5 Å². The summed E-state index contributed by atoms with van der Waals surface area (Å²) in [6, 6.07) is 4.03. The SMILES string of the molecule is Cc1cnc(NC(=O)c2c[nH+]cc3[nH]c(-c4ccc(OC[C@H](O)CO)cc4C(F)F)nc23)s1. The summed E-state index contributed by atoms with van der Waals surface area (Å²) in [4.78, 5) is 28.0. The summed E-state index contributed by atoms with van der Waals surface area (Å²) in [5.41, 5.74) is 0.788. The number of H-pyrrole nitrogens is 2. The van der Waals surface area contributed by atoms with Gasteiger partial charge in [-0.05, 0) is 25.1 Å². The second-order valence-corrected chi connectivity index (χ2v) is 8.38. The van der Waals surface area contributed by atoms with Crippen LogP contribution in [0.3, 0.4) is 0 Å². The van der Waals surface area contributed by atoms with Crippen LogP contribution in [0.1, 0.15) is 27.2 Å². The average Bonchev–Trinajstić information content (AvgIpc) is 3.42. The maximum Gasteiger partial charge on any atom is 0.265 e. The van der Waals surface area contributed by atoms with Crippen molar-refractivity contribution in [3.63, 3.8) is 0 Å². The van der Waals surface area contributed by atoms with Crippen LogP contribution in [0, 0.1) is 6.92 Å². The molecule has 0 aliphatic rings. The van der Waals surface area contributed by atoms with E-state index in [1.807, 2.05) is 6.92 Å². The minimum absolute atomic E-state index is 0.116. The van der Waals surface area contributed by atoms with Gasteiger partial charge in [-0.3, -0.25) is 10.1 Å². The van der Waals surface area contributed by atoms with Crippen LogP contribution in [0.4, 0.5) is 13.9 Å². The topological polar surface area (TPSA) is 134 Å². The van der Waals surface area contributed by atoms with Crippen LogP contribution >= 0.6 is 11.3 Å². The first-order valence-corrected chi connectivity index (χ1v) is 10.6. The number of nitrogens with zero attached hydrogens (tertiary/aromatic N) is 2. The predicted molar refractivity (Wildman–Crippen MR) is 116 cm³/mol. The fourth-order valence-electron chi connectivity index (χ4n) is 3.12. The van der Waals surface area contributed by atoms with Crippen LogP contribution in [-0.2, 0) is 0 Å². The van der Waals surface area contributed by atoms with Crippen molar-refractivity contribution in [1.82, 2.24) is 15.0 Å². The van der Waals surface area contributed by atoms with Crippen molar-refractivity contribution in [3.8, 4) is 17.1 Å². The summed E-state index contributed by atoms with van der Waals surface area (Å²) in [5, 5.41) is 21.4.